The van der Waals surface area contributed by atoms with Crippen molar-refractivity contribution in [3.05, 3.63) is 0 Å². The zero-order valence-electron chi connectivity index (χ0n) is 11.8. The van der Waals surface area contributed by atoms with Gasteiger partial charge in [0, 0.05) is 6.54 Å². The van der Waals surface area contributed by atoms with E-state index in [0.29, 0.717) is 12.8 Å². The fourth-order valence-electron chi connectivity index (χ4n) is 2.15. The van der Waals surface area contributed by atoms with Crippen LogP contribution >= 0.6 is 0 Å². The lowest BCUT2D eigenvalue weighted by Gasteiger charge is -2.32. The van der Waals surface area contributed by atoms with Gasteiger partial charge in [0.1, 0.15) is 6.04 Å². The first-order valence-electron chi connectivity index (χ1n) is 6.74. The molecule has 20 heavy (non-hydrogen) atoms. The molecule has 7 nitrogen and oxygen atoms in total. The van der Waals surface area contributed by atoms with Crippen LogP contribution in [0.5, 0.6) is 0 Å². The van der Waals surface area contributed by atoms with Crippen LogP contribution < -0.4 is 0 Å². The first-order valence-corrected chi connectivity index (χ1v) is 8.35. The van der Waals surface area contributed by atoms with Crippen LogP contribution in [0.1, 0.15) is 33.1 Å². The quantitative estimate of drug-likeness (QED) is 0.655. The van der Waals surface area contributed by atoms with Crippen LogP contribution in [0.25, 0.3) is 0 Å². The number of ether oxygens (including phenoxy) is 2. The Morgan fingerprint density at radius 1 is 1.15 bits per heavy atom. The van der Waals surface area contributed by atoms with Gasteiger partial charge >= 0.3 is 11.9 Å². The summed E-state index contributed by atoms with van der Waals surface area (Å²) in [5, 5.41) is 0. The molecular weight excluding hydrogens is 286 g/mol. The molecule has 0 radical (unpaired) electrons. The molecular formula is C12H21NO6S. The molecule has 1 rings (SSSR count). The molecule has 1 unspecified atom stereocenters. The summed E-state index contributed by atoms with van der Waals surface area (Å²) in [5.74, 6) is -2.10. The van der Waals surface area contributed by atoms with Crippen LogP contribution in [0.4, 0.5) is 0 Å². The van der Waals surface area contributed by atoms with Crippen LogP contribution in [-0.2, 0) is 29.1 Å². The van der Waals surface area contributed by atoms with Gasteiger partial charge in [0.25, 0.3) is 0 Å². The van der Waals surface area contributed by atoms with Crippen LogP contribution in [-0.4, -0.2) is 56.2 Å². The first-order chi connectivity index (χ1) is 9.42. The highest BCUT2D eigenvalue weighted by Gasteiger charge is 2.38. The predicted octanol–water partition coefficient (Wildman–Crippen LogP) is 0.297. The average Bonchev–Trinajstić information content (AvgIpc) is 2.38. The largest absolute Gasteiger partial charge is 0.465 e. The van der Waals surface area contributed by atoms with Gasteiger partial charge in [0.05, 0.1) is 13.2 Å². The van der Waals surface area contributed by atoms with Crippen LogP contribution in [0.2, 0.25) is 0 Å². The van der Waals surface area contributed by atoms with E-state index in [1.54, 1.807) is 13.8 Å². The second-order valence-corrected chi connectivity index (χ2v) is 6.36. The van der Waals surface area contributed by atoms with Gasteiger partial charge < -0.3 is 9.47 Å². The molecule has 0 saturated carbocycles. The molecule has 0 spiro atoms. The molecule has 8 heteroatoms. The van der Waals surface area contributed by atoms with Gasteiger partial charge in [-0.1, -0.05) is 0 Å². The highest BCUT2D eigenvalue weighted by atomic mass is 32.2. The van der Waals surface area contributed by atoms with Crippen LogP contribution in [0.3, 0.4) is 0 Å². The van der Waals surface area contributed by atoms with Gasteiger partial charge in [-0.2, -0.15) is 4.31 Å². The van der Waals surface area contributed by atoms with E-state index in [1.165, 1.54) is 0 Å². The van der Waals surface area contributed by atoms with E-state index >= 15 is 0 Å². The maximum absolute atomic E-state index is 12.2. The van der Waals surface area contributed by atoms with Crippen molar-refractivity contribution in [1.29, 1.82) is 0 Å². The minimum absolute atomic E-state index is 0.121. The number of nitrogens with zero attached hydrogens (tertiary/aromatic N) is 1. The zero-order chi connectivity index (χ0) is 15.2. The van der Waals surface area contributed by atoms with Gasteiger partial charge in [0.2, 0.25) is 10.0 Å². The van der Waals surface area contributed by atoms with Gasteiger partial charge in [-0.25, -0.2) is 8.42 Å². The van der Waals surface area contributed by atoms with Crippen molar-refractivity contribution in [2.75, 3.05) is 25.5 Å². The number of esters is 2. The Morgan fingerprint density at radius 3 is 2.40 bits per heavy atom. The summed E-state index contributed by atoms with van der Waals surface area (Å²) in [5.41, 5.74) is 0. The van der Waals surface area contributed by atoms with Gasteiger partial charge in [-0.15, -0.1) is 0 Å². The molecule has 0 aromatic carbocycles. The van der Waals surface area contributed by atoms with Crippen molar-refractivity contribution in [3.8, 4) is 0 Å². The molecule has 116 valence electrons. The lowest BCUT2D eigenvalue weighted by Crippen LogP contribution is -2.50. The third-order valence-electron chi connectivity index (χ3n) is 2.98. The fourth-order valence-corrected chi connectivity index (χ4v) is 3.68. The van der Waals surface area contributed by atoms with Crippen molar-refractivity contribution in [3.63, 3.8) is 0 Å². The van der Waals surface area contributed by atoms with E-state index in [9.17, 15) is 18.0 Å². The van der Waals surface area contributed by atoms with Gasteiger partial charge in [0.15, 0.2) is 5.75 Å². The lowest BCUT2D eigenvalue weighted by molar-refractivity contribution is -0.149. The maximum Gasteiger partial charge on any atom is 0.324 e. The number of carbonyl (C=O) groups is 2. The first kappa shape index (κ1) is 16.9. The summed E-state index contributed by atoms with van der Waals surface area (Å²) < 4.78 is 35.0. The monoisotopic (exact) mass is 307 g/mol. The number of hydrogen-bond donors (Lipinski definition) is 0. The topological polar surface area (TPSA) is 90.0 Å². The Hall–Kier alpha value is -1.15. The summed E-state index contributed by atoms with van der Waals surface area (Å²) in [6.45, 7) is 3.81. The van der Waals surface area contributed by atoms with Crippen molar-refractivity contribution >= 4 is 22.0 Å². The lowest BCUT2D eigenvalue weighted by atomic mass is 10.1. The molecule has 0 aromatic heterocycles. The molecule has 0 amide bonds. The molecule has 1 saturated heterocycles. The van der Waals surface area contributed by atoms with Crippen molar-refractivity contribution in [1.82, 2.24) is 4.31 Å². The second-order valence-electron chi connectivity index (χ2n) is 4.44. The molecule has 1 heterocycles. The predicted molar refractivity (Wildman–Crippen MR) is 71.4 cm³/mol. The number of carbonyl (C=O) groups excluding carboxylic acids is 2. The fraction of sp³-hybridized carbons (Fsp3) is 0.833. The third-order valence-corrected chi connectivity index (χ3v) is 4.73. The number of sulfonamides is 1. The molecule has 1 aliphatic rings. The Bertz CT molecular complexity index is 447. The highest BCUT2D eigenvalue weighted by Crippen LogP contribution is 2.22. The summed E-state index contributed by atoms with van der Waals surface area (Å²) in [4.78, 5) is 23.2. The highest BCUT2D eigenvalue weighted by molar-refractivity contribution is 7.89. The van der Waals surface area contributed by atoms with Crippen molar-refractivity contribution < 1.29 is 27.5 Å². The summed E-state index contributed by atoms with van der Waals surface area (Å²) in [6.07, 6.45) is 1.84. The van der Waals surface area contributed by atoms with Crippen molar-refractivity contribution in [2.24, 2.45) is 0 Å². The smallest absolute Gasteiger partial charge is 0.324 e. The van der Waals surface area contributed by atoms with E-state index in [1.807, 2.05) is 0 Å². The standard InChI is InChI=1S/C12H21NO6S/c1-3-18-11(14)9-20(16,17)13-8-6-5-7-10(13)12(15)19-4-2/h10H,3-9H2,1-2H3. The van der Waals surface area contributed by atoms with Crippen LogP contribution in [0, 0.1) is 0 Å². The zero-order valence-corrected chi connectivity index (χ0v) is 12.6. The van der Waals surface area contributed by atoms with Crippen LogP contribution in [0.15, 0.2) is 0 Å². The summed E-state index contributed by atoms with van der Waals surface area (Å²) >= 11 is 0. The average molecular weight is 307 g/mol. The van der Waals surface area contributed by atoms with E-state index in [4.69, 9.17) is 4.74 Å². The van der Waals surface area contributed by atoms with E-state index in [2.05, 4.69) is 4.74 Å². The van der Waals surface area contributed by atoms with Gasteiger partial charge in [-0.05, 0) is 33.1 Å². The minimum Gasteiger partial charge on any atom is -0.465 e. The Kier molecular flexibility index (Phi) is 6.41. The number of hydrogen-bond acceptors (Lipinski definition) is 6. The summed E-state index contributed by atoms with van der Waals surface area (Å²) in [7, 11) is -3.86. The molecule has 1 atom stereocenters. The SMILES string of the molecule is CCOC(=O)CS(=O)(=O)N1CCCCC1C(=O)OCC. The number of rotatable bonds is 6. The molecule has 0 N–H and O–H groups in total. The van der Waals surface area contributed by atoms with E-state index in [-0.39, 0.29) is 19.8 Å². The van der Waals surface area contributed by atoms with Crippen molar-refractivity contribution in [2.45, 2.75) is 39.2 Å². The van der Waals surface area contributed by atoms with E-state index in [0.717, 1.165) is 10.7 Å². The molecule has 1 aliphatic heterocycles. The second kappa shape index (κ2) is 7.58. The maximum atomic E-state index is 12.2. The van der Waals surface area contributed by atoms with E-state index < -0.39 is 33.8 Å². The normalized spacial score (nSPS) is 20.4. The Balaban J connectivity index is 2.83. The molecule has 0 bridgehead atoms. The third kappa shape index (κ3) is 4.45. The molecule has 0 aliphatic carbocycles. The molecule has 0 aromatic rings. The minimum atomic E-state index is -3.86. The summed E-state index contributed by atoms with van der Waals surface area (Å²) in [6, 6.07) is -0.830. The Morgan fingerprint density at radius 2 is 1.80 bits per heavy atom. The molecule has 1 fully saturated rings. The Labute approximate surface area is 119 Å². The number of piperidine rings is 1. The van der Waals surface area contributed by atoms with Gasteiger partial charge in [-0.3, -0.25) is 9.59 Å².